The maximum Gasteiger partial charge on any atom is 0.417 e. The molecule has 10 heteroatoms. The molecule has 0 radical (unpaired) electrons. The van der Waals surface area contributed by atoms with Crippen molar-refractivity contribution in [3.05, 3.63) is 63.4 Å². The minimum atomic E-state index is -1.10. The quantitative estimate of drug-likeness (QED) is 0.397. The van der Waals surface area contributed by atoms with Gasteiger partial charge in [0, 0.05) is 16.7 Å². The van der Waals surface area contributed by atoms with Gasteiger partial charge in [0.25, 0.3) is 0 Å². The summed E-state index contributed by atoms with van der Waals surface area (Å²) >= 11 is 3.08. The maximum absolute atomic E-state index is 13.1. The number of aliphatic hydroxyl groups is 1. The summed E-state index contributed by atoms with van der Waals surface area (Å²) in [5.74, 6) is -1.00. The van der Waals surface area contributed by atoms with E-state index in [-0.39, 0.29) is 13.2 Å². The van der Waals surface area contributed by atoms with Crippen LogP contribution in [-0.2, 0) is 20.9 Å². The smallest absolute Gasteiger partial charge is 0.417 e. The third kappa shape index (κ3) is 6.25. The molecule has 0 aliphatic carbocycles. The standard InChI is InChI=1S/C26H29N3O5S2/c1-16(2)23-28-21(15-36-23)24-27-19(14-35-24)9-10-22(30)17(3)25(31)29-20(13-34-26(29)32)12-33-11-18-7-5-4-6-8-18/h4-10,14-17,20,22,30H,11-13H2,1-3H3/b10-9+/t17-,20-,22+/m1/s1. The minimum Gasteiger partial charge on any atom is -0.447 e. The number of benzene rings is 1. The van der Waals surface area contributed by atoms with Gasteiger partial charge >= 0.3 is 6.09 Å². The van der Waals surface area contributed by atoms with Gasteiger partial charge in [0.2, 0.25) is 5.91 Å². The van der Waals surface area contributed by atoms with Crippen molar-refractivity contribution >= 4 is 40.8 Å². The van der Waals surface area contributed by atoms with Crippen molar-refractivity contribution in [1.82, 2.24) is 14.9 Å². The SMILES string of the molecule is CC(C)c1nc(-c2nc(/C=C/[C@H](O)[C@@H](C)C(=O)N3C(=O)OC[C@H]3COCc3ccccc3)cs2)cs1. The minimum absolute atomic E-state index is 0.0642. The van der Waals surface area contributed by atoms with Crippen LogP contribution in [0.5, 0.6) is 0 Å². The van der Waals surface area contributed by atoms with Gasteiger partial charge in [-0.1, -0.05) is 57.2 Å². The van der Waals surface area contributed by atoms with Gasteiger partial charge in [-0.15, -0.1) is 22.7 Å². The van der Waals surface area contributed by atoms with Crippen LogP contribution in [0.2, 0.25) is 0 Å². The molecular weight excluding hydrogens is 498 g/mol. The summed E-state index contributed by atoms with van der Waals surface area (Å²) in [4.78, 5) is 35.6. The monoisotopic (exact) mass is 527 g/mol. The molecule has 1 aromatic carbocycles. The van der Waals surface area contributed by atoms with Gasteiger partial charge < -0.3 is 14.6 Å². The van der Waals surface area contributed by atoms with E-state index in [1.165, 1.54) is 17.4 Å². The molecule has 2 amide bonds. The van der Waals surface area contributed by atoms with E-state index >= 15 is 0 Å². The van der Waals surface area contributed by atoms with Gasteiger partial charge in [-0.25, -0.2) is 19.7 Å². The van der Waals surface area contributed by atoms with Crippen molar-refractivity contribution in [2.45, 2.75) is 45.4 Å². The second-order valence-corrected chi connectivity index (χ2v) is 10.6. The van der Waals surface area contributed by atoms with Crippen molar-refractivity contribution in [2.75, 3.05) is 13.2 Å². The largest absolute Gasteiger partial charge is 0.447 e. The van der Waals surface area contributed by atoms with Crippen molar-refractivity contribution < 1.29 is 24.2 Å². The first-order valence-electron chi connectivity index (χ1n) is 11.7. The number of aliphatic hydroxyl groups excluding tert-OH is 1. The Morgan fingerprint density at radius 3 is 2.72 bits per heavy atom. The molecule has 0 spiro atoms. The molecule has 0 unspecified atom stereocenters. The molecule has 190 valence electrons. The number of nitrogens with zero attached hydrogens (tertiary/aromatic N) is 3. The lowest BCUT2D eigenvalue weighted by Gasteiger charge is -2.24. The number of rotatable bonds is 10. The van der Waals surface area contributed by atoms with Gasteiger partial charge in [0.1, 0.15) is 23.4 Å². The predicted molar refractivity (Wildman–Crippen MR) is 140 cm³/mol. The van der Waals surface area contributed by atoms with E-state index in [4.69, 9.17) is 9.47 Å². The zero-order valence-electron chi connectivity index (χ0n) is 20.4. The number of carbonyl (C=O) groups is 2. The second kappa shape index (κ2) is 11.9. The van der Waals surface area contributed by atoms with Crippen LogP contribution in [0, 0.1) is 5.92 Å². The third-order valence-electron chi connectivity index (χ3n) is 5.74. The molecule has 8 nitrogen and oxygen atoms in total. The van der Waals surface area contributed by atoms with E-state index in [1.807, 2.05) is 41.1 Å². The Morgan fingerprint density at radius 1 is 1.22 bits per heavy atom. The molecule has 3 aromatic rings. The highest BCUT2D eigenvalue weighted by Gasteiger charge is 2.41. The van der Waals surface area contributed by atoms with Gasteiger partial charge in [-0.3, -0.25) is 4.79 Å². The number of thiazole rings is 2. The Hall–Kier alpha value is -2.92. The van der Waals surface area contributed by atoms with Gasteiger partial charge in [0.15, 0.2) is 0 Å². The number of aromatic nitrogens is 2. The summed E-state index contributed by atoms with van der Waals surface area (Å²) in [6, 6.07) is 9.10. The fraction of sp³-hybridized carbons (Fsp3) is 0.385. The third-order valence-corrected chi connectivity index (χ3v) is 7.77. The number of hydrogen-bond acceptors (Lipinski definition) is 9. The Kier molecular flexibility index (Phi) is 8.63. The zero-order chi connectivity index (χ0) is 25.7. The van der Waals surface area contributed by atoms with Crippen molar-refractivity contribution in [3.8, 4) is 10.7 Å². The predicted octanol–water partition coefficient (Wildman–Crippen LogP) is 4.96. The van der Waals surface area contributed by atoms with E-state index in [0.717, 1.165) is 26.2 Å². The van der Waals surface area contributed by atoms with Crippen LogP contribution in [0.3, 0.4) is 0 Å². The van der Waals surface area contributed by atoms with Crippen LogP contribution in [-0.4, -0.2) is 57.3 Å². The molecule has 1 aliphatic rings. The molecule has 0 saturated carbocycles. The summed E-state index contributed by atoms with van der Waals surface area (Å²) < 4.78 is 10.8. The molecule has 1 saturated heterocycles. The number of amides is 2. The van der Waals surface area contributed by atoms with Crippen molar-refractivity contribution in [2.24, 2.45) is 5.92 Å². The normalized spacial score (nSPS) is 17.6. The fourth-order valence-corrected chi connectivity index (χ4v) is 5.24. The zero-order valence-corrected chi connectivity index (χ0v) is 22.0. The number of cyclic esters (lactones) is 1. The van der Waals surface area contributed by atoms with Crippen LogP contribution in [0.25, 0.3) is 16.8 Å². The fourth-order valence-electron chi connectivity index (χ4n) is 3.60. The molecule has 0 bridgehead atoms. The molecular formula is C26H29N3O5S2. The summed E-state index contributed by atoms with van der Waals surface area (Å²) in [6.07, 6.45) is 1.37. The highest BCUT2D eigenvalue weighted by atomic mass is 32.1. The van der Waals surface area contributed by atoms with Crippen LogP contribution in [0.1, 0.15) is 43.0 Å². The lowest BCUT2D eigenvalue weighted by molar-refractivity contribution is -0.136. The average molecular weight is 528 g/mol. The van der Waals surface area contributed by atoms with Crippen molar-refractivity contribution in [1.29, 1.82) is 0 Å². The number of imide groups is 1. The van der Waals surface area contributed by atoms with Gasteiger partial charge in [-0.2, -0.15) is 0 Å². The van der Waals surface area contributed by atoms with E-state index in [0.29, 0.717) is 18.2 Å². The topological polar surface area (TPSA) is 102 Å². The Bertz CT molecular complexity index is 1210. The summed E-state index contributed by atoms with van der Waals surface area (Å²) in [6.45, 7) is 6.37. The Morgan fingerprint density at radius 2 is 2.00 bits per heavy atom. The highest BCUT2D eigenvalue weighted by Crippen LogP contribution is 2.29. The summed E-state index contributed by atoms with van der Waals surface area (Å²) in [5, 5.41) is 16.4. The average Bonchev–Trinajstić information content (AvgIpc) is 3.62. The second-order valence-electron chi connectivity index (χ2n) is 8.88. The van der Waals surface area contributed by atoms with Crippen molar-refractivity contribution in [3.63, 3.8) is 0 Å². The summed E-state index contributed by atoms with van der Waals surface area (Å²) in [5.41, 5.74) is 2.50. The number of ether oxygens (including phenoxy) is 2. The van der Waals surface area contributed by atoms with Gasteiger partial charge in [0.05, 0.1) is 35.9 Å². The molecule has 3 atom stereocenters. The summed E-state index contributed by atoms with van der Waals surface area (Å²) in [7, 11) is 0. The van der Waals surface area contributed by atoms with Crippen LogP contribution in [0.15, 0.2) is 47.2 Å². The van der Waals surface area contributed by atoms with E-state index < -0.39 is 30.1 Å². The first kappa shape index (κ1) is 26.2. The lowest BCUT2D eigenvalue weighted by Crippen LogP contribution is -2.46. The van der Waals surface area contributed by atoms with E-state index in [2.05, 4.69) is 23.8 Å². The van der Waals surface area contributed by atoms with E-state index in [1.54, 1.807) is 24.3 Å². The molecule has 2 aromatic heterocycles. The molecule has 3 heterocycles. The van der Waals surface area contributed by atoms with Gasteiger partial charge in [-0.05, 0) is 11.6 Å². The van der Waals surface area contributed by atoms with Crippen LogP contribution >= 0.6 is 22.7 Å². The maximum atomic E-state index is 13.1. The van der Waals surface area contributed by atoms with Crippen LogP contribution in [0.4, 0.5) is 4.79 Å². The number of hydrogen-bond donors (Lipinski definition) is 1. The van der Waals surface area contributed by atoms with Crippen LogP contribution < -0.4 is 0 Å². The first-order chi connectivity index (χ1) is 17.3. The Labute approximate surface area is 218 Å². The van der Waals surface area contributed by atoms with E-state index in [9.17, 15) is 14.7 Å². The Balaban J connectivity index is 1.34. The lowest BCUT2D eigenvalue weighted by atomic mass is 10.0. The highest BCUT2D eigenvalue weighted by molar-refractivity contribution is 7.14. The molecule has 4 rings (SSSR count). The first-order valence-corrected chi connectivity index (χ1v) is 13.5. The number of carbonyl (C=O) groups excluding carboxylic acids is 2. The molecule has 36 heavy (non-hydrogen) atoms. The molecule has 1 N–H and O–H groups in total. The molecule has 1 aliphatic heterocycles. The molecule has 1 fully saturated rings.